The van der Waals surface area contributed by atoms with Gasteiger partial charge in [0.15, 0.2) is 0 Å². The van der Waals surface area contributed by atoms with Gasteiger partial charge >= 0.3 is 0 Å². The van der Waals surface area contributed by atoms with Gasteiger partial charge in [-0.25, -0.2) is 0 Å². The van der Waals surface area contributed by atoms with Crippen molar-refractivity contribution in [1.82, 2.24) is 0 Å². The topological polar surface area (TPSA) is 23.8 Å². The van der Waals surface area contributed by atoms with Gasteiger partial charge in [-0.2, -0.15) is 5.26 Å². The third-order valence-corrected chi connectivity index (χ3v) is 3.24. The Kier molecular flexibility index (Phi) is 4.39. The molecular weight excluding hydrogens is 242 g/mol. The second-order valence-corrected chi connectivity index (χ2v) is 4.69. The monoisotopic (exact) mass is 255 g/mol. The number of halogens is 1. The number of nitrogens with zero attached hydrogens (tertiary/aromatic N) is 1. The van der Waals surface area contributed by atoms with E-state index >= 15 is 0 Å². The zero-order valence-electron chi connectivity index (χ0n) is 10.0. The first kappa shape index (κ1) is 12.7. The summed E-state index contributed by atoms with van der Waals surface area (Å²) < 4.78 is 0. The Morgan fingerprint density at radius 2 is 1.67 bits per heavy atom. The van der Waals surface area contributed by atoms with E-state index < -0.39 is 0 Å². The van der Waals surface area contributed by atoms with Gasteiger partial charge in [0, 0.05) is 5.02 Å². The first-order valence-electron chi connectivity index (χ1n) is 5.98. The van der Waals surface area contributed by atoms with Gasteiger partial charge in [-0.05, 0) is 36.1 Å². The summed E-state index contributed by atoms with van der Waals surface area (Å²) in [6.45, 7) is 0. The van der Waals surface area contributed by atoms with E-state index in [1.165, 1.54) is 5.56 Å². The number of benzene rings is 2. The van der Waals surface area contributed by atoms with Crippen LogP contribution in [0, 0.1) is 11.3 Å². The third kappa shape index (κ3) is 3.35. The van der Waals surface area contributed by atoms with Crippen LogP contribution in [0.4, 0.5) is 0 Å². The van der Waals surface area contributed by atoms with Crippen LogP contribution in [-0.4, -0.2) is 0 Å². The van der Waals surface area contributed by atoms with E-state index in [9.17, 15) is 5.26 Å². The van der Waals surface area contributed by atoms with Crippen molar-refractivity contribution in [2.75, 3.05) is 0 Å². The average Bonchev–Trinajstić information content (AvgIpc) is 2.42. The molecule has 0 bridgehead atoms. The average molecular weight is 256 g/mol. The van der Waals surface area contributed by atoms with Crippen molar-refractivity contribution < 1.29 is 0 Å². The van der Waals surface area contributed by atoms with Crippen LogP contribution in [0.5, 0.6) is 0 Å². The summed E-state index contributed by atoms with van der Waals surface area (Å²) in [4.78, 5) is 0. The summed E-state index contributed by atoms with van der Waals surface area (Å²) in [7, 11) is 0. The molecule has 0 aliphatic heterocycles. The standard InChI is InChI=1S/C16H14ClN/c17-16-10-8-14(9-11-16)15(12-18)7-6-13-4-2-1-3-5-13/h1-5,8-11,15H,6-7H2/t15-/m0/s1. The summed E-state index contributed by atoms with van der Waals surface area (Å²) >= 11 is 5.85. The highest BCUT2D eigenvalue weighted by molar-refractivity contribution is 6.30. The van der Waals surface area contributed by atoms with Crippen molar-refractivity contribution in [2.45, 2.75) is 18.8 Å². The van der Waals surface area contributed by atoms with Gasteiger partial charge in [0.25, 0.3) is 0 Å². The van der Waals surface area contributed by atoms with E-state index in [4.69, 9.17) is 11.6 Å². The van der Waals surface area contributed by atoms with Crippen molar-refractivity contribution >= 4 is 11.6 Å². The van der Waals surface area contributed by atoms with Crippen LogP contribution in [0.3, 0.4) is 0 Å². The van der Waals surface area contributed by atoms with Crippen LogP contribution < -0.4 is 0 Å². The first-order valence-corrected chi connectivity index (χ1v) is 6.36. The lowest BCUT2D eigenvalue weighted by Crippen LogP contribution is -1.98. The first-order chi connectivity index (χ1) is 8.79. The lowest BCUT2D eigenvalue weighted by atomic mass is 9.94. The third-order valence-electron chi connectivity index (χ3n) is 2.99. The highest BCUT2D eigenvalue weighted by Crippen LogP contribution is 2.22. The summed E-state index contributed by atoms with van der Waals surface area (Å²) in [6, 6.07) is 20.1. The van der Waals surface area contributed by atoms with E-state index in [0.29, 0.717) is 5.02 Å². The van der Waals surface area contributed by atoms with Crippen molar-refractivity contribution in [3.8, 4) is 6.07 Å². The van der Waals surface area contributed by atoms with Gasteiger partial charge in [-0.1, -0.05) is 54.1 Å². The second kappa shape index (κ2) is 6.23. The molecule has 0 radical (unpaired) electrons. The molecule has 18 heavy (non-hydrogen) atoms. The number of rotatable bonds is 4. The number of nitriles is 1. The summed E-state index contributed by atoms with van der Waals surface area (Å²) in [5.41, 5.74) is 2.31. The summed E-state index contributed by atoms with van der Waals surface area (Å²) in [5, 5.41) is 9.95. The molecule has 1 nitrogen and oxygen atoms in total. The Labute approximate surface area is 113 Å². The zero-order chi connectivity index (χ0) is 12.8. The minimum Gasteiger partial charge on any atom is -0.198 e. The largest absolute Gasteiger partial charge is 0.198 e. The fourth-order valence-electron chi connectivity index (χ4n) is 1.96. The Morgan fingerprint density at radius 3 is 2.28 bits per heavy atom. The minimum atomic E-state index is -0.0672. The molecule has 0 aromatic heterocycles. The SMILES string of the molecule is N#C[C@H](CCc1ccccc1)c1ccc(Cl)cc1. The molecular formula is C16H14ClN. The lowest BCUT2D eigenvalue weighted by Gasteiger charge is -2.09. The lowest BCUT2D eigenvalue weighted by molar-refractivity contribution is 0.746. The van der Waals surface area contributed by atoms with Crippen molar-refractivity contribution in [3.05, 3.63) is 70.7 Å². The molecule has 2 aromatic carbocycles. The molecule has 0 saturated carbocycles. The van der Waals surface area contributed by atoms with E-state index in [-0.39, 0.29) is 5.92 Å². The predicted octanol–water partition coefficient (Wildman–Crippen LogP) is 4.58. The van der Waals surface area contributed by atoms with Gasteiger partial charge in [-0.3, -0.25) is 0 Å². The van der Waals surface area contributed by atoms with E-state index in [1.54, 1.807) is 0 Å². The Balaban J connectivity index is 2.02. The maximum absolute atomic E-state index is 9.24. The highest BCUT2D eigenvalue weighted by atomic mass is 35.5. The highest BCUT2D eigenvalue weighted by Gasteiger charge is 2.10. The molecule has 2 heteroatoms. The van der Waals surface area contributed by atoms with Crippen LogP contribution in [0.1, 0.15) is 23.5 Å². The molecule has 0 unspecified atom stereocenters. The molecule has 0 fully saturated rings. The molecule has 0 aliphatic carbocycles. The zero-order valence-corrected chi connectivity index (χ0v) is 10.8. The van der Waals surface area contributed by atoms with Gasteiger partial charge in [0.05, 0.1) is 12.0 Å². The molecule has 0 N–H and O–H groups in total. The molecule has 0 aliphatic rings. The Hall–Kier alpha value is -1.78. The minimum absolute atomic E-state index is 0.0672. The van der Waals surface area contributed by atoms with E-state index in [2.05, 4.69) is 18.2 Å². The number of hydrogen-bond donors (Lipinski definition) is 0. The molecule has 0 saturated heterocycles. The fourth-order valence-corrected chi connectivity index (χ4v) is 2.08. The molecule has 90 valence electrons. The van der Waals surface area contributed by atoms with Crippen LogP contribution in [0.15, 0.2) is 54.6 Å². The Morgan fingerprint density at radius 1 is 1.00 bits per heavy atom. The van der Waals surface area contributed by atoms with Gasteiger partial charge < -0.3 is 0 Å². The van der Waals surface area contributed by atoms with Gasteiger partial charge in [0.1, 0.15) is 0 Å². The van der Waals surface area contributed by atoms with Crippen LogP contribution in [0.2, 0.25) is 5.02 Å². The van der Waals surface area contributed by atoms with Crippen molar-refractivity contribution in [3.63, 3.8) is 0 Å². The second-order valence-electron chi connectivity index (χ2n) is 4.26. The molecule has 0 heterocycles. The van der Waals surface area contributed by atoms with Gasteiger partial charge in [0.2, 0.25) is 0 Å². The fraction of sp³-hybridized carbons (Fsp3) is 0.188. The maximum atomic E-state index is 9.24. The quantitative estimate of drug-likeness (QED) is 0.785. The molecule has 2 rings (SSSR count). The van der Waals surface area contributed by atoms with E-state index in [1.807, 2.05) is 42.5 Å². The van der Waals surface area contributed by atoms with Crippen LogP contribution in [-0.2, 0) is 6.42 Å². The van der Waals surface area contributed by atoms with Crippen molar-refractivity contribution in [2.24, 2.45) is 0 Å². The number of hydrogen-bond acceptors (Lipinski definition) is 1. The van der Waals surface area contributed by atoms with E-state index in [0.717, 1.165) is 18.4 Å². The summed E-state index contributed by atoms with van der Waals surface area (Å²) in [6.07, 6.45) is 1.75. The number of aryl methyl sites for hydroxylation is 1. The molecule has 0 spiro atoms. The molecule has 1 atom stereocenters. The van der Waals surface area contributed by atoms with Crippen LogP contribution >= 0.6 is 11.6 Å². The molecule has 2 aromatic rings. The van der Waals surface area contributed by atoms with Gasteiger partial charge in [-0.15, -0.1) is 0 Å². The molecule has 0 amide bonds. The van der Waals surface area contributed by atoms with Crippen molar-refractivity contribution in [1.29, 1.82) is 5.26 Å². The summed E-state index contributed by atoms with van der Waals surface area (Å²) in [5.74, 6) is -0.0672. The maximum Gasteiger partial charge on any atom is 0.0715 e. The van der Waals surface area contributed by atoms with Crippen LogP contribution in [0.25, 0.3) is 0 Å². The predicted molar refractivity (Wildman–Crippen MR) is 74.6 cm³/mol. The Bertz CT molecular complexity index is 525. The smallest absolute Gasteiger partial charge is 0.0715 e. The normalized spacial score (nSPS) is 11.8.